The first-order valence-corrected chi connectivity index (χ1v) is 10.6. The van der Waals surface area contributed by atoms with Crippen molar-refractivity contribution in [3.63, 3.8) is 0 Å². The van der Waals surface area contributed by atoms with E-state index in [1.54, 1.807) is 28.2 Å². The van der Waals surface area contributed by atoms with Crippen molar-refractivity contribution < 1.29 is 89.9 Å². The standard InChI is InChI=1S/C17H20N2O7S2.2Na/c1-18(2)11-5-7-13(15(9-11)27(21,22)23)17(20)14-8-6-12(19(3)4)10-16(14)28(24,25)26;;/h5-10H,1-4H3,(H,21,22,23)(H,24,25,26);;/q;2*+1/p-2. The Hall–Kier alpha value is -0.470. The van der Waals surface area contributed by atoms with Crippen molar-refractivity contribution in [3.05, 3.63) is 47.5 Å². The second kappa shape index (κ2) is 10.9. The molecule has 0 bridgehead atoms. The minimum Gasteiger partial charge on any atom is -0.744 e. The Kier molecular flexibility index (Phi) is 10.7. The van der Waals surface area contributed by atoms with E-state index in [2.05, 4.69) is 0 Å². The van der Waals surface area contributed by atoms with Gasteiger partial charge in [0, 0.05) is 50.7 Å². The first-order valence-electron chi connectivity index (χ1n) is 7.82. The zero-order chi connectivity index (χ0) is 21.4. The number of carbonyl (C=O) groups excluding carboxylic acids is 1. The van der Waals surface area contributed by atoms with Gasteiger partial charge in [0.2, 0.25) is 0 Å². The fraction of sp³-hybridized carbons (Fsp3) is 0.235. The summed E-state index contributed by atoms with van der Waals surface area (Å²) in [6.45, 7) is 0. The zero-order valence-electron chi connectivity index (χ0n) is 17.5. The molecule has 2 aromatic carbocycles. The van der Waals surface area contributed by atoms with Crippen LogP contribution in [0.3, 0.4) is 0 Å². The number of ketones is 1. The molecule has 9 nitrogen and oxygen atoms in total. The van der Waals surface area contributed by atoms with Crippen LogP contribution in [0.1, 0.15) is 15.9 Å². The molecule has 0 saturated heterocycles. The third-order valence-electron chi connectivity index (χ3n) is 3.99. The predicted molar refractivity (Wildman–Crippen MR) is 101 cm³/mol. The van der Waals surface area contributed by atoms with Crippen LogP contribution in [0.2, 0.25) is 0 Å². The normalized spacial score (nSPS) is 11.1. The largest absolute Gasteiger partial charge is 1.00 e. The van der Waals surface area contributed by atoms with E-state index in [9.17, 15) is 30.7 Å². The summed E-state index contributed by atoms with van der Waals surface area (Å²) >= 11 is 0. The second-order valence-electron chi connectivity index (χ2n) is 6.39. The molecule has 30 heavy (non-hydrogen) atoms. The van der Waals surface area contributed by atoms with Gasteiger partial charge in [-0.25, -0.2) is 16.8 Å². The maximum absolute atomic E-state index is 12.9. The molecule has 0 saturated carbocycles. The number of hydrogen-bond acceptors (Lipinski definition) is 9. The topological polar surface area (TPSA) is 138 Å². The van der Waals surface area contributed by atoms with Crippen molar-refractivity contribution >= 4 is 37.4 Å². The fourth-order valence-corrected chi connectivity index (χ4v) is 3.90. The summed E-state index contributed by atoms with van der Waals surface area (Å²) in [5.74, 6) is -1.06. The van der Waals surface area contributed by atoms with Crippen molar-refractivity contribution in [2.75, 3.05) is 38.0 Å². The smallest absolute Gasteiger partial charge is 0.744 e. The van der Waals surface area contributed by atoms with E-state index in [0.29, 0.717) is 11.4 Å². The van der Waals surface area contributed by atoms with Crippen LogP contribution >= 0.6 is 0 Å². The summed E-state index contributed by atoms with van der Waals surface area (Å²) in [6, 6.07) is 7.08. The summed E-state index contributed by atoms with van der Waals surface area (Å²) < 4.78 is 70.1. The van der Waals surface area contributed by atoms with Crippen LogP contribution < -0.4 is 68.9 Å². The number of anilines is 2. The number of hydrogen-bond donors (Lipinski definition) is 0. The van der Waals surface area contributed by atoms with Crippen LogP contribution in [0.15, 0.2) is 46.2 Å². The molecule has 0 aromatic heterocycles. The van der Waals surface area contributed by atoms with Crippen molar-refractivity contribution in [2.24, 2.45) is 0 Å². The molecule has 2 aromatic rings. The Bertz CT molecular complexity index is 1060. The van der Waals surface area contributed by atoms with E-state index in [4.69, 9.17) is 0 Å². The Morgan fingerprint density at radius 1 is 0.700 bits per heavy atom. The molecule has 0 fully saturated rings. The van der Waals surface area contributed by atoms with Crippen molar-refractivity contribution in [3.8, 4) is 0 Å². The van der Waals surface area contributed by atoms with Crippen molar-refractivity contribution in [1.29, 1.82) is 0 Å². The molecule has 0 N–H and O–H groups in total. The molecular formula is C17H18N2Na2O7S2. The maximum atomic E-state index is 12.9. The van der Waals surface area contributed by atoms with Crippen molar-refractivity contribution in [1.82, 2.24) is 0 Å². The molecule has 0 aliphatic rings. The molecule has 0 unspecified atom stereocenters. The van der Waals surface area contributed by atoms with Gasteiger partial charge in [-0.2, -0.15) is 0 Å². The summed E-state index contributed by atoms with van der Waals surface area (Å²) in [7, 11) is -3.65. The van der Waals surface area contributed by atoms with E-state index < -0.39 is 46.9 Å². The van der Waals surface area contributed by atoms with Crippen LogP contribution in [-0.4, -0.2) is 59.9 Å². The van der Waals surface area contributed by atoms with Gasteiger partial charge in [-0.15, -0.1) is 0 Å². The molecule has 0 aliphatic heterocycles. The van der Waals surface area contributed by atoms with Crippen molar-refractivity contribution in [2.45, 2.75) is 9.79 Å². The Morgan fingerprint density at radius 3 is 1.23 bits per heavy atom. The van der Waals surface area contributed by atoms with Gasteiger partial charge in [-0.05, 0) is 36.4 Å². The van der Waals surface area contributed by atoms with E-state index in [-0.39, 0.29) is 59.1 Å². The van der Waals surface area contributed by atoms with E-state index in [1.165, 1.54) is 21.9 Å². The van der Waals surface area contributed by atoms with E-state index >= 15 is 0 Å². The average molecular weight is 472 g/mol. The maximum Gasteiger partial charge on any atom is 1.00 e. The third kappa shape index (κ3) is 6.76. The molecule has 2 rings (SSSR count). The number of rotatable bonds is 6. The molecule has 13 heteroatoms. The van der Waals surface area contributed by atoms with Gasteiger partial charge >= 0.3 is 59.1 Å². The number of carbonyl (C=O) groups is 1. The van der Waals surface area contributed by atoms with Crippen LogP contribution in [-0.2, 0) is 20.2 Å². The summed E-state index contributed by atoms with van der Waals surface area (Å²) in [6.07, 6.45) is 0. The third-order valence-corrected chi connectivity index (χ3v) is 5.74. The first-order chi connectivity index (χ1) is 12.7. The summed E-state index contributed by atoms with van der Waals surface area (Å²) in [5.41, 5.74) is -0.317. The van der Waals surface area contributed by atoms with Gasteiger partial charge in [0.25, 0.3) is 0 Å². The monoisotopic (exact) mass is 472 g/mol. The van der Waals surface area contributed by atoms with Gasteiger partial charge in [-0.3, -0.25) is 4.79 Å². The van der Waals surface area contributed by atoms with Gasteiger partial charge in [0.15, 0.2) is 5.78 Å². The van der Waals surface area contributed by atoms with Crippen LogP contribution in [0.4, 0.5) is 11.4 Å². The first kappa shape index (κ1) is 29.5. The quantitative estimate of drug-likeness (QED) is 0.230. The Balaban J connectivity index is 0.00000420. The SMILES string of the molecule is CN(C)c1ccc(C(=O)c2ccc(N(C)C)cc2S(=O)(=O)[O-])c(S(=O)(=O)[O-])c1.[Na+].[Na+]. The molecule has 152 valence electrons. The van der Waals surface area contributed by atoms with Crippen LogP contribution in [0.25, 0.3) is 0 Å². The minimum atomic E-state index is -5.05. The zero-order valence-corrected chi connectivity index (χ0v) is 23.2. The summed E-state index contributed by atoms with van der Waals surface area (Å²) in [5, 5.41) is 0. The van der Waals surface area contributed by atoms with Gasteiger partial charge < -0.3 is 18.9 Å². The van der Waals surface area contributed by atoms with E-state index in [1.807, 2.05) is 0 Å². The van der Waals surface area contributed by atoms with Gasteiger partial charge in [0.1, 0.15) is 20.2 Å². The second-order valence-corrected chi connectivity index (χ2v) is 9.08. The molecule has 0 atom stereocenters. The number of benzene rings is 2. The number of nitrogens with zero attached hydrogens (tertiary/aromatic N) is 2. The molecule has 0 spiro atoms. The van der Waals surface area contributed by atoms with Gasteiger partial charge in [-0.1, -0.05) is 0 Å². The average Bonchev–Trinajstić information content (AvgIpc) is 2.58. The van der Waals surface area contributed by atoms with Gasteiger partial charge in [0.05, 0.1) is 9.79 Å². The molecule has 0 amide bonds. The Labute approximate surface area is 220 Å². The van der Waals surface area contributed by atoms with Crippen LogP contribution in [0.5, 0.6) is 0 Å². The predicted octanol–water partition coefficient (Wildman–Crippen LogP) is -5.13. The summed E-state index contributed by atoms with van der Waals surface area (Å²) in [4.78, 5) is 14.4. The molecular weight excluding hydrogens is 454 g/mol. The Morgan fingerprint density at radius 2 is 1.00 bits per heavy atom. The minimum absolute atomic E-state index is 0. The van der Waals surface area contributed by atoms with E-state index in [0.717, 1.165) is 24.3 Å². The molecule has 0 heterocycles. The fourth-order valence-electron chi connectivity index (χ4n) is 2.51. The van der Waals surface area contributed by atoms with Crippen LogP contribution in [0, 0.1) is 0 Å². The molecule has 0 radical (unpaired) electrons. The molecule has 0 aliphatic carbocycles.